The fourth-order valence-electron chi connectivity index (χ4n) is 5.67. The average Bonchev–Trinajstić information content (AvgIpc) is 3.22. The van der Waals surface area contributed by atoms with Crippen LogP contribution in [0.15, 0.2) is 52.6 Å². The zero-order valence-electron chi connectivity index (χ0n) is 22.6. The molecule has 1 heterocycles. The van der Waals surface area contributed by atoms with E-state index >= 15 is 0 Å². The molecule has 38 heavy (non-hydrogen) atoms. The molecule has 0 saturated carbocycles. The lowest BCUT2D eigenvalue weighted by Gasteiger charge is -2.34. The van der Waals surface area contributed by atoms with Gasteiger partial charge < -0.3 is 23.7 Å². The summed E-state index contributed by atoms with van der Waals surface area (Å²) in [5, 5.41) is 0. The molecule has 2 unspecified atom stereocenters. The van der Waals surface area contributed by atoms with E-state index in [4.69, 9.17) is 23.7 Å². The molecule has 1 saturated heterocycles. The molecule has 1 aromatic carbocycles. The van der Waals surface area contributed by atoms with Gasteiger partial charge in [0.2, 0.25) is 5.60 Å². The molecule has 5 atom stereocenters. The molecule has 0 N–H and O–H groups in total. The van der Waals surface area contributed by atoms with Crippen LogP contribution in [0.2, 0.25) is 0 Å². The van der Waals surface area contributed by atoms with Gasteiger partial charge in [-0.2, -0.15) is 0 Å². The van der Waals surface area contributed by atoms with Crippen molar-refractivity contribution in [3.05, 3.63) is 58.2 Å². The van der Waals surface area contributed by atoms with E-state index in [0.29, 0.717) is 22.6 Å². The molecular formula is C29H32O9. The number of benzene rings is 1. The van der Waals surface area contributed by atoms with Gasteiger partial charge in [-0.15, -0.1) is 0 Å². The van der Waals surface area contributed by atoms with Crippen molar-refractivity contribution in [1.29, 1.82) is 0 Å². The Bertz CT molecular complexity index is 1300. The monoisotopic (exact) mass is 524 g/mol. The summed E-state index contributed by atoms with van der Waals surface area (Å²) in [5.74, 6) is -2.90. The fourth-order valence-corrected chi connectivity index (χ4v) is 5.67. The van der Waals surface area contributed by atoms with Crippen molar-refractivity contribution in [2.45, 2.75) is 58.8 Å². The van der Waals surface area contributed by atoms with Crippen molar-refractivity contribution in [3.8, 4) is 11.5 Å². The molecule has 0 spiro atoms. The summed E-state index contributed by atoms with van der Waals surface area (Å²) in [6, 6.07) is 4.62. The molecule has 1 aliphatic heterocycles. The molecule has 202 valence electrons. The highest BCUT2D eigenvalue weighted by molar-refractivity contribution is 6.09. The summed E-state index contributed by atoms with van der Waals surface area (Å²) in [5.41, 5.74) is 1.13. The summed E-state index contributed by atoms with van der Waals surface area (Å²) in [4.78, 5) is 52.3. The van der Waals surface area contributed by atoms with Gasteiger partial charge in [0.05, 0.1) is 25.7 Å². The first-order valence-electron chi connectivity index (χ1n) is 12.3. The summed E-state index contributed by atoms with van der Waals surface area (Å²) < 4.78 is 28.1. The molecule has 0 bridgehead atoms. The summed E-state index contributed by atoms with van der Waals surface area (Å²) in [6.45, 7) is 8.55. The highest BCUT2D eigenvalue weighted by Crippen LogP contribution is 2.51. The van der Waals surface area contributed by atoms with Crippen LogP contribution in [0.1, 0.15) is 51.4 Å². The molecule has 4 rings (SSSR count). The molecule has 0 amide bonds. The Morgan fingerprint density at radius 1 is 1.08 bits per heavy atom. The fraction of sp³-hybridized carbons (Fsp3) is 0.448. The number of hydrogen-bond donors (Lipinski definition) is 0. The largest absolute Gasteiger partial charge is 0.493 e. The number of methoxy groups -OCH3 is 2. The van der Waals surface area contributed by atoms with Crippen molar-refractivity contribution < 1.29 is 42.9 Å². The molecule has 0 radical (unpaired) electrons. The number of rotatable bonds is 6. The lowest BCUT2D eigenvalue weighted by atomic mass is 9.77. The van der Waals surface area contributed by atoms with E-state index in [1.807, 2.05) is 0 Å². The Balaban J connectivity index is 1.77. The van der Waals surface area contributed by atoms with Gasteiger partial charge in [-0.05, 0) is 58.9 Å². The van der Waals surface area contributed by atoms with Gasteiger partial charge in [-0.1, -0.05) is 16.7 Å². The van der Waals surface area contributed by atoms with Crippen LogP contribution in [-0.4, -0.2) is 55.7 Å². The Labute approximate surface area is 221 Å². The first-order chi connectivity index (χ1) is 17.9. The maximum Gasteiger partial charge on any atom is 0.351 e. The van der Waals surface area contributed by atoms with Crippen molar-refractivity contribution >= 4 is 23.7 Å². The Morgan fingerprint density at radius 3 is 2.39 bits per heavy atom. The molecule has 1 fully saturated rings. The van der Waals surface area contributed by atoms with Crippen molar-refractivity contribution in [2.24, 2.45) is 11.8 Å². The number of fused-ring (bicyclic) bond motifs is 3. The topological polar surface area (TPSA) is 114 Å². The normalized spacial score (nSPS) is 27.9. The quantitative estimate of drug-likeness (QED) is 0.310. The Hall–Kier alpha value is -3.88. The minimum atomic E-state index is -1.75. The molecule has 9 heteroatoms. The molecule has 2 aliphatic carbocycles. The van der Waals surface area contributed by atoms with Crippen LogP contribution in [0.25, 0.3) is 0 Å². The van der Waals surface area contributed by atoms with E-state index in [0.717, 1.165) is 11.1 Å². The van der Waals surface area contributed by atoms with E-state index in [1.54, 1.807) is 39.8 Å². The van der Waals surface area contributed by atoms with Gasteiger partial charge in [0, 0.05) is 24.0 Å². The summed E-state index contributed by atoms with van der Waals surface area (Å²) in [7, 11) is 2.94. The van der Waals surface area contributed by atoms with Gasteiger partial charge in [0.15, 0.2) is 17.3 Å². The van der Waals surface area contributed by atoms with E-state index in [-0.39, 0.29) is 17.8 Å². The SMILES string of the molecule is COc1ccc(C(=O)O[C@H]2CC(C)=C3C(=O)C=C(C)C3[C@H]3OC(=O)C(C)(OC(=O)C=C(C)C)[C@H]23)cc1OC. The minimum Gasteiger partial charge on any atom is -0.493 e. The second-order valence-corrected chi connectivity index (χ2v) is 10.3. The minimum absolute atomic E-state index is 0.158. The van der Waals surface area contributed by atoms with Crippen molar-refractivity contribution in [2.75, 3.05) is 14.2 Å². The smallest absolute Gasteiger partial charge is 0.351 e. The van der Waals surface area contributed by atoms with Crippen molar-refractivity contribution in [3.63, 3.8) is 0 Å². The standard InChI is InChI=1S/C29H32O9/c1-14(2)10-22(31)38-29(5)25-21(36-27(32)17-8-9-19(34-6)20(13-17)35-7)12-16(4)23-18(30)11-15(3)24(23)26(25)37-28(29)33/h8-11,13,21,24-26H,12H2,1-7H3/t21-,24?,25+,26+,29?/m0/s1. The van der Waals surface area contributed by atoms with Gasteiger partial charge in [-0.25, -0.2) is 14.4 Å². The van der Waals surface area contributed by atoms with Crippen LogP contribution in [0.5, 0.6) is 11.5 Å². The van der Waals surface area contributed by atoms with E-state index in [9.17, 15) is 19.2 Å². The third kappa shape index (κ3) is 4.61. The maximum atomic E-state index is 13.4. The zero-order chi connectivity index (χ0) is 27.9. The van der Waals surface area contributed by atoms with Crippen LogP contribution < -0.4 is 9.47 Å². The molecule has 3 aliphatic rings. The van der Waals surface area contributed by atoms with Gasteiger partial charge in [0.1, 0.15) is 12.2 Å². The third-order valence-corrected chi connectivity index (χ3v) is 7.36. The van der Waals surface area contributed by atoms with Crippen LogP contribution in [-0.2, 0) is 28.6 Å². The highest BCUT2D eigenvalue weighted by atomic mass is 16.6. The van der Waals surface area contributed by atoms with Gasteiger partial charge in [-0.3, -0.25) is 4.79 Å². The lowest BCUT2D eigenvalue weighted by molar-refractivity contribution is -0.172. The molecule has 1 aromatic rings. The number of allylic oxidation sites excluding steroid dienone is 2. The molecular weight excluding hydrogens is 492 g/mol. The number of ether oxygens (including phenoxy) is 5. The van der Waals surface area contributed by atoms with Crippen LogP contribution in [0.3, 0.4) is 0 Å². The number of carbonyl (C=O) groups is 4. The number of hydrogen-bond acceptors (Lipinski definition) is 9. The first-order valence-corrected chi connectivity index (χ1v) is 12.3. The van der Waals surface area contributed by atoms with Crippen LogP contribution >= 0.6 is 0 Å². The predicted octanol–water partition coefficient (Wildman–Crippen LogP) is 3.90. The second kappa shape index (κ2) is 10.1. The third-order valence-electron chi connectivity index (χ3n) is 7.36. The van der Waals surface area contributed by atoms with E-state index < -0.39 is 47.6 Å². The summed E-state index contributed by atoms with van der Waals surface area (Å²) in [6.07, 6.45) is 1.17. The lowest BCUT2D eigenvalue weighted by Crippen LogP contribution is -2.50. The Kier molecular flexibility index (Phi) is 7.23. The molecule has 0 aromatic heterocycles. The zero-order valence-corrected chi connectivity index (χ0v) is 22.6. The van der Waals surface area contributed by atoms with Gasteiger partial charge >= 0.3 is 17.9 Å². The highest BCUT2D eigenvalue weighted by Gasteiger charge is 2.65. The Morgan fingerprint density at radius 2 is 1.76 bits per heavy atom. The second-order valence-electron chi connectivity index (χ2n) is 10.3. The molecule has 9 nitrogen and oxygen atoms in total. The predicted molar refractivity (Wildman–Crippen MR) is 136 cm³/mol. The van der Waals surface area contributed by atoms with Crippen LogP contribution in [0, 0.1) is 11.8 Å². The van der Waals surface area contributed by atoms with E-state index in [2.05, 4.69) is 0 Å². The first kappa shape index (κ1) is 27.2. The van der Waals surface area contributed by atoms with Crippen LogP contribution in [0.4, 0.5) is 0 Å². The van der Waals surface area contributed by atoms with E-state index in [1.165, 1.54) is 39.4 Å². The van der Waals surface area contributed by atoms with Gasteiger partial charge in [0.25, 0.3) is 0 Å². The van der Waals surface area contributed by atoms with Crippen molar-refractivity contribution in [1.82, 2.24) is 0 Å². The summed E-state index contributed by atoms with van der Waals surface area (Å²) >= 11 is 0. The maximum absolute atomic E-state index is 13.4. The average molecular weight is 525 g/mol. The number of esters is 3. The number of carbonyl (C=O) groups excluding carboxylic acids is 4. The number of ketones is 1.